The third-order valence-corrected chi connectivity index (χ3v) is 19.4. The number of carbonyl (C=O) groups excluding carboxylic acids is 10. The van der Waals surface area contributed by atoms with Crippen molar-refractivity contribution in [3.05, 3.63) is 214 Å². The number of imide groups is 2. The van der Waals surface area contributed by atoms with E-state index in [1.807, 2.05) is 48.5 Å². The second kappa shape index (κ2) is 32.3. The van der Waals surface area contributed by atoms with Crippen LogP contribution >= 0.6 is 0 Å². The minimum Gasteiger partial charge on any atom is -0.457 e. The fraction of sp³-hybridized carbons (Fsp3) is 0.279. The van der Waals surface area contributed by atoms with Crippen LogP contribution in [0.25, 0.3) is 43.1 Å². The second-order valence-electron chi connectivity index (χ2n) is 26.9. The third kappa shape index (κ3) is 15.7. The molecule has 20 nitrogen and oxygen atoms in total. The van der Waals surface area contributed by atoms with Gasteiger partial charge in [0, 0.05) is 106 Å². The van der Waals surface area contributed by atoms with Gasteiger partial charge in [-0.1, -0.05) is 74.8 Å². The summed E-state index contributed by atoms with van der Waals surface area (Å²) in [4.78, 5) is 147. The monoisotopic (exact) mass is 1430 g/mol. The van der Waals surface area contributed by atoms with Crippen LogP contribution in [0.4, 0.5) is 0 Å². The third-order valence-electron chi connectivity index (χ3n) is 19.4. The fourth-order valence-electron chi connectivity index (χ4n) is 13.5. The van der Waals surface area contributed by atoms with Crippen LogP contribution < -0.4 is 29.6 Å². The largest absolute Gasteiger partial charge is 0.457 e. The van der Waals surface area contributed by atoms with Crippen molar-refractivity contribution in [3.8, 4) is 46.0 Å². The Kier molecular flexibility index (Phi) is 22.9. The molecule has 9 aromatic rings. The van der Waals surface area contributed by atoms with Crippen molar-refractivity contribution in [1.82, 2.24) is 30.2 Å². The number of ether oxygens (including phenoxy) is 4. The van der Waals surface area contributed by atoms with E-state index < -0.39 is 48.5 Å². The average molecular weight is 1430 g/mol. The van der Waals surface area contributed by atoms with Gasteiger partial charge in [-0.15, -0.1) is 0 Å². The molecule has 0 spiro atoms. The van der Waals surface area contributed by atoms with Crippen molar-refractivity contribution in [3.63, 3.8) is 0 Å². The molecule has 9 aromatic carbocycles. The molecule has 0 fully saturated rings. The summed E-state index contributed by atoms with van der Waals surface area (Å²) in [5.74, 6) is -3.68. The van der Waals surface area contributed by atoms with Gasteiger partial charge in [0.1, 0.15) is 59.1 Å². The molecule has 20 heteroatoms. The number of nitrogens with one attached hydrogen (secondary N) is 2. The van der Waals surface area contributed by atoms with E-state index >= 15 is 19.2 Å². The van der Waals surface area contributed by atoms with Crippen LogP contribution in [0.2, 0.25) is 0 Å². The van der Waals surface area contributed by atoms with Gasteiger partial charge in [-0.05, 0) is 200 Å². The lowest BCUT2D eigenvalue weighted by molar-refractivity contribution is -0.131. The van der Waals surface area contributed by atoms with Gasteiger partial charge >= 0.3 is 0 Å². The summed E-state index contributed by atoms with van der Waals surface area (Å²) < 4.78 is 28.8. The maximum absolute atomic E-state index is 15.8. The molecule has 11 rings (SSSR count). The zero-order valence-electron chi connectivity index (χ0n) is 61.2. The summed E-state index contributed by atoms with van der Waals surface area (Å²) in [6, 6.07) is 34.8. The lowest BCUT2D eigenvalue weighted by Gasteiger charge is -2.33. The Morgan fingerprint density at radius 1 is 0.358 bits per heavy atom. The molecular weight excluding hydrogens is 1340 g/mol. The zero-order valence-corrected chi connectivity index (χ0v) is 61.2. The lowest BCUT2D eigenvalue weighted by atomic mass is 9.80. The summed E-state index contributed by atoms with van der Waals surface area (Å²) in [5.41, 5.74) is 4.98. The Bertz CT molecular complexity index is 4500. The fourth-order valence-corrected chi connectivity index (χ4v) is 13.5. The Balaban J connectivity index is 1.25. The predicted octanol–water partition coefficient (Wildman–Crippen LogP) is 15.2. The van der Waals surface area contributed by atoms with Gasteiger partial charge in [0.15, 0.2) is 11.6 Å². The molecule has 544 valence electrons. The molecule has 0 aromatic heterocycles. The van der Waals surface area contributed by atoms with Gasteiger partial charge < -0.3 is 39.4 Å². The van der Waals surface area contributed by atoms with E-state index in [0.29, 0.717) is 113 Å². The van der Waals surface area contributed by atoms with Crippen LogP contribution in [0.5, 0.6) is 46.0 Å². The number of fused-ring (bicyclic) bond motifs is 2. The van der Waals surface area contributed by atoms with E-state index in [4.69, 9.17) is 18.9 Å². The number of hydrogen-bond acceptors (Lipinski definition) is 14. The Morgan fingerprint density at radius 2 is 0.613 bits per heavy atom. The summed E-state index contributed by atoms with van der Waals surface area (Å²) in [7, 11) is 0. The quantitative estimate of drug-likeness (QED) is 0.0165. The summed E-state index contributed by atoms with van der Waals surface area (Å²) >= 11 is 0. The summed E-state index contributed by atoms with van der Waals surface area (Å²) in [5, 5.41) is 7.33. The highest BCUT2D eigenvalue weighted by Gasteiger charge is 2.43. The SMILES string of the molecule is C=C(C)C(=O)CCCc1ccc(Oc2cc3c4c(cc(Oc5ccc(CCCC(=O)C(=C)C)cc5)c5c6c(Oc7ccc(CCNC(=O)C(=C)C)cc7)cc7c8c(cc(Oc9ccc(CCNC(=O)C(=C)C)cc9)c(c2c45)c86)C(=O)N(CC(=O)N(CC)CC)C7=O)C(=O)N(CC(=O)N(CC)CC)C3=O)cc1. The van der Waals surface area contributed by atoms with E-state index in [0.717, 1.165) is 32.1 Å². The number of carbonyl (C=O) groups is 10. The van der Waals surface area contributed by atoms with Gasteiger partial charge in [0.25, 0.3) is 23.6 Å². The molecule has 0 unspecified atom stereocenters. The van der Waals surface area contributed by atoms with Gasteiger partial charge in [0.05, 0.1) is 22.3 Å². The second-order valence-corrected chi connectivity index (χ2v) is 26.9. The number of likely N-dealkylation sites (N-methyl/N-ethyl adjacent to an activating group) is 2. The molecular formula is C86H86N6O14. The molecule has 0 aliphatic carbocycles. The molecule has 0 atom stereocenters. The van der Waals surface area contributed by atoms with E-state index in [2.05, 4.69) is 36.9 Å². The molecule has 2 aliphatic heterocycles. The van der Waals surface area contributed by atoms with E-state index in [-0.39, 0.29) is 135 Å². The van der Waals surface area contributed by atoms with Crippen LogP contribution in [0.15, 0.2) is 170 Å². The molecule has 2 heterocycles. The number of nitrogens with zero attached hydrogens (tertiary/aromatic N) is 4. The first-order valence-electron chi connectivity index (χ1n) is 35.8. The van der Waals surface area contributed by atoms with Crippen molar-refractivity contribution in [2.45, 2.75) is 107 Å². The molecule has 2 N–H and O–H groups in total. The van der Waals surface area contributed by atoms with Gasteiger partial charge in [-0.25, -0.2) is 0 Å². The van der Waals surface area contributed by atoms with Crippen LogP contribution in [-0.4, -0.2) is 131 Å². The van der Waals surface area contributed by atoms with Gasteiger partial charge in [-0.3, -0.25) is 57.7 Å². The molecule has 2 aliphatic rings. The highest BCUT2D eigenvalue weighted by molar-refractivity contribution is 6.45. The van der Waals surface area contributed by atoms with Gasteiger partial charge in [0.2, 0.25) is 23.6 Å². The predicted molar refractivity (Wildman–Crippen MR) is 409 cm³/mol. The molecule has 8 amide bonds. The minimum absolute atomic E-state index is 0.0212. The number of Topliss-reactive ketones (excluding diaryl/α,β-unsaturated/α-hetero) is 2. The first kappa shape index (κ1) is 75.1. The van der Waals surface area contributed by atoms with Crippen molar-refractivity contribution >= 4 is 102 Å². The highest BCUT2D eigenvalue weighted by Crippen LogP contribution is 2.58. The van der Waals surface area contributed by atoms with E-state index in [1.54, 1.807) is 104 Å². The maximum atomic E-state index is 15.8. The van der Waals surface area contributed by atoms with Crippen molar-refractivity contribution in [2.75, 3.05) is 52.4 Å². The minimum atomic E-state index is -0.816. The zero-order chi connectivity index (χ0) is 75.9. The lowest BCUT2D eigenvalue weighted by Crippen LogP contribution is -2.47. The van der Waals surface area contributed by atoms with Crippen molar-refractivity contribution < 1.29 is 66.9 Å². The first-order chi connectivity index (χ1) is 50.8. The number of rotatable bonds is 34. The van der Waals surface area contributed by atoms with E-state index in [1.165, 1.54) is 34.1 Å². The smallest absolute Gasteiger partial charge is 0.262 e. The number of aryl methyl sites for hydroxylation is 2. The number of hydrogen-bond donors (Lipinski definition) is 2. The molecule has 0 saturated heterocycles. The van der Waals surface area contributed by atoms with Crippen LogP contribution in [0.3, 0.4) is 0 Å². The first-order valence-corrected chi connectivity index (χ1v) is 35.8. The molecule has 106 heavy (non-hydrogen) atoms. The average Bonchev–Trinajstić information content (AvgIpc) is 0.671. The Morgan fingerprint density at radius 3 is 0.849 bits per heavy atom. The van der Waals surface area contributed by atoms with Crippen LogP contribution in [0, 0.1) is 0 Å². The number of benzene rings is 9. The molecule has 0 saturated carbocycles. The number of amides is 8. The topological polar surface area (TPSA) is 245 Å². The molecule has 0 radical (unpaired) electrons. The standard InChI is InChI=1S/C86H86N6O14/c1-13-89(14-2)71(95)47-91-83(99)61-43-67(103-57-31-23-53(24-32-57)19-17-21-65(93)49(5)6)75-77-69(105-59-35-27-55(28-36-59)39-41-87-81(97)51(9)10)45-63-74-64(86(102)92(85(63)101)48-72(96)90(15-3)16-4)46-70(106-60-37-29-56(30-38-60)40-42-88-82(98)52(11)12)78(80(74)77)76-68(44-62(84(91)100)73(61)79(75)76)104-58-33-25-54(26-34-58)20-18-22-66(94)50(7)8/h23-38,43-46H,5,7,9,11,13-22,39-42,47-48H2,1-4,6,8,10,12H3,(H,87,97)(H,88,98). The number of allylic oxidation sites excluding steroid dienone is 2. The Hall–Kier alpha value is -12.1. The summed E-state index contributed by atoms with van der Waals surface area (Å²) in [6.45, 7) is 29.4. The van der Waals surface area contributed by atoms with Crippen LogP contribution in [0.1, 0.15) is 145 Å². The van der Waals surface area contributed by atoms with E-state index in [9.17, 15) is 28.8 Å². The normalized spacial score (nSPS) is 12.4. The highest BCUT2D eigenvalue weighted by atomic mass is 16.5. The Labute approximate surface area is 615 Å². The van der Waals surface area contributed by atoms with Crippen LogP contribution in [-0.2, 0) is 54.5 Å². The van der Waals surface area contributed by atoms with Crippen molar-refractivity contribution in [1.29, 1.82) is 0 Å². The van der Waals surface area contributed by atoms with Gasteiger partial charge in [-0.2, -0.15) is 0 Å². The number of ketones is 2. The molecule has 0 bridgehead atoms. The maximum Gasteiger partial charge on any atom is 0.262 e. The van der Waals surface area contributed by atoms with Crippen molar-refractivity contribution in [2.24, 2.45) is 0 Å². The summed E-state index contributed by atoms with van der Waals surface area (Å²) in [6.07, 6.45) is 3.65.